The van der Waals surface area contributed by atoms with E-state index in [-0.39, 0.29) is 0 Å². The smallest absolute Gasteiger partial charge is 0.504 e. The fraction of sp³-hybridized carbons (Fsp3) is 0.125. The molecule has 76 valence electrons. The fourth-order valence-corrected chi connectivity index (χ4v) is 0.892. The van der Waals surface area contributed by atoms with E-state index in [0.717, 1.165) is 12.1 Å². The Bertz CT molecular complexity index is 351. The SMILES string of the molecule is O=C(O)Oc1cccc(C(F)F)c1O. The minimum absolute atomic E-state index is 0.504. The van der Waals surface area contributed by atoms with Crippen molar-refractivity contribution in [1.82, 2.24) is 0 Å². The van der Waals surface area contributed by atoms with Gasteiger partial charge < -0.3 is 14.9 Å². The van der Waals surface area contributed by atoms with Crippen LogP contribution in [0.25, 0.3) is 0 Å². The third-order valence-corrected chi connectivity index (χ3v) is 1.46. The fourth-order valence-electron chi connectivity index (χ4n) is 0.892. The van der Waals surface area contributed by atoms with Crippen LogP contribution in [-0.4, -0.2) is 16.4 Å². The van der Waals surface area contributed by atoms with Gasteiger partial charge >= 0.3 is 6.16 Å². The van der Waals surface area contributed by atoms with E-state index < -0.39 is 29.6 Å². The Morgan fingerprint density at radius 1 is 1.43 bits per heavy atom. The van der Waals surface area contributed by atoms with Crippen molar-refractivity contribution in [3.8, 4) is 11.5 Å². The summed E-state index contributed by atoms with van der Waals surface area (Å²) in [7, 11) is 0. The number of halogens is 2. The first-order valence-corrected chi connectivity index (χ1v) is 3.53. The second-order valence-corrected chi connectivity index (χ2v) is 2.36. The van der Waals surface area contributed by atoms with Gasteiger partial charge in [0.05, 0.1) is 5.56 Å². The van der Waals surface area contributed by atoms with E-state index >= 15 is 0 Å². The van der Waals surface area contributed by atoms with E-state index in [0.29, 0.717) is 0 Å². The third-order valence-electron chi connectivity index (χ3n) is 1.46. The lowest BCUT2D eigenvalue weighted by Gasteiger charge is -2.06. The van der Waals surface area contributed by atoms with Gasteiger partial charge in [0.1, 0.15) is 0 Å². The lowest BCUT2D eigenvalue weighted by molar-refractivity contribution is 0.137. The molecule has 1 aromatic carbocycles. The minimum Gasteiger partial charge on any atom is -0.504 e. The number of hydrogen-bond acceptors (Lipinski definition) is 3. The lowest BCUT2D eigenvalue weighted by Crippen LogP contribution is -2.03. The molecule has 4 nitrogen and oxygen atoms in total. The number of para-hydroxylation sites is 1. The van der Waals surface area contributed by atoms with Crippen LogP contribution in [0.4, 0.5) is 13.6 Å². The molecule has 0 aromatic heterocycles. The highest BCUT2D eigenvalue weighted by molar-refractivity contribution is 5.63. The Hall–Kier alpha value is -1.85. The molecule has 1 aromatic rings. The van der Waals surface area contributed by atoms with Gasteiger partial charge in [0.15, 0.2) is 11.5 Å². The van der Waals surface area contributed by atoms with Crippen molar-refractivity contribution in [2.45, 2.75) is 6.43 Å². The molecule has 0 saturated carbocycles. The summed E-state index contributed by atoms with van der Waals surface area (Å²) in [5.74, 6) is -1.36. The molecule has 0 aliphatic heterocycles. The molecule has 6 heteroatoms. The number of carboxylic acid groups (broad SMARTS) is 1. The molecule has 14 heavy (non-hydrogen) atoms. The van der Waals surface area contributed by atoms with Crippen LogP contribution in [-0.2, 0) is 0 Å². The summed E-state index contributed by atoms with van der Waals surface area (Å²) in [6.07, 6.45) is -4.56. The van der Waals surface area contributed by atoms with Crippen LogP contribution < -0.4 is 4.74 Å². The van der Waals surface area contributed by atoms with Crippen molar-refractivity contribution in [1.29, 1.82) is 0 Å². The van der Waals surface area contributed by atoms with Gasteiger partial charge in [-0.3, -0.25) is 0 Å². The summed E-state index contributed by atoms with van der Waals surface area (Å²) in [4.78, 5) is 10.1. The molecular formula is C8H6F2O4. The van der Waals surface area contributed by atoms with Crippen molar-refractivity contribution in [2.24, 2.45) is 0 Å². The molecule has 2 N–H and O–H groups in total. The van der Waals surface area contributed by atoms with Crippen molar-refractivity contribution in [2.75, 3.05) is 0 Å². The quantitative estimate of drug-likeness (QED) is 0.573. The number of aromatic hydroxyl groups is 1. The van der Waals surface area contributed by atoms with Gasteiger partial charge in [0, 0.05) is 0 Å². The maximum Gasteiger partial charge on any atom is 0.511 e. The molecular weight excluding hydrogens is 198 g/mol. The standard InChI is InChI=1S/C8H6F2O4/c9-7(10)4-2-1-3-5(6(4)11)14-8(12)13/h1-3,7,11H,(H,12,13). The van der Waals surface area contributed by atoms with Gasteiger partial charge in [0.2, 0.25) is 0 Å². The maximum atomic E-state index is 12.2. The molecule has 0 unspecified atom stereocenters. The molecule has 0 bridgehead atoms. The Labute approximate surface area is 77.4 Å². The number of phenolic OH excluding ortho intramolecular Hbond substituents is 1. The average molecular weight is 204 g/mol. The van der Waals surface area contributed by atoms with E-state index in [1.54, 1.807) is 0 Å². The monoisotopic (exact) mass is 204 g/mol. The molecule has 0 atom stereocenters. The van der Waals surface area contributed by atoms with Gasteiger partial charge in [-0.05, 0) is 12.1 Å². The second-order valence-electron chi connectivity index (χ2n) is 2.36. The first kappa shape index (κ1) is 10.2. The lowest BCUT2D eigenvalue weighted by atomic mass is 10.2. The first-order chi connectivity index (χ1) is 6.52. The zero-order chi connectivity index (χ0) is 10.7. The van der Waals surface area contributed by atoms with Crippen molar-refractivity contribution in [3.63, 3.8) is 0 Å². The summed E-state index contributed by atoms with van der Waals surface area (Å²) >= 11 is 0. The first-order valence-electron chi connectivity index (χ1n) is 3.53. The van der Waals surface area contributed by atoms with Crippen LogP contribution in [0.3, 0.4) is 0 Å². The molecule has 0 radical (unpaired) electrons. The topological polar surface area (TPSA) is 66.8 Å². The second kappa shape index (κ2) is 3.91. The molecule has 0 aliphatic rings. The Balaban J connectivity index is 3.07. The zero-order valence-electron chi connectivity index (χ0n) is 6.78. The number of ether oxygens (including phenoxy) is 1. The van der Waals surface area contributed by atoms with Crippen LogP contribution in [0.2, 0.25) is 0 Å². The highest BCUT2D eigenvalue weighted by Gasteiger charge is 2.17. The molecule has 0 spiro atoms. The molecule has 0 aliphatic carbocycles. The van der Waals surface area contributed by atoms with Crippen molar-refractivity contribution in [3.05, 3.63) is 23.8 Å². The Morgan fingerprint density at radius 2 is 2.07 bits per heavy atom. The summed E-state index contributed by atoms with van der Waals surface area (Å²) < 4.78 is 28.4. The largest absolute Gasteiger partial charge is 0.511 e. The number of carbonyl (C=O) groups is 1. The number of rotatable bonds is 2. The Morgan fingerprint density at radius 3 is 2.57 bits per heavy atom. The van der Waals surface area contributed by atoms with E-state index in [2.05, 4.69) is 4.74 Å². The van der Waals surface area contributed by atoms with E-state index in [1.165, 1.54) is 6.07 Å². The van der Waals surface area contributed by atoms with Gasteiger partial charge in [-0.25, -0.2) is 13.6 Å². The highest BCUT2D eigenvalue weighted by atomic mass is 19.3. The molecule has 0 amide bonds. The van der Waals surface area contributed by atoms with E-state index in [1.807, 2.05) is 0 Å². The van der Waals surface area contributed by atoms with E-state index in [9.17, 15) is 13.6 Å². The predicted molar refractivity (Wildman–Crippen MR) is 41.7 cm³/mol. The number of benzene rings is 1. The summed E-state index contributed by atoms with van der Waals surface area (Å²) in [5, 5.41) is 17.3. The maximum absolute atomic E-state index is 12.2. The number of alkyl halides is 2. The number of hydrogen-bond donors (Lipinski definition) is 2. The van der Waals surface area contributed by atoms with Crippen LogP contribution in [0, 0.1) is 0 Å². The van der Waals surface area contributed by atoms with Crippen LogP contribution in [0.5, 0.6) is 11.5 Å². The average Bonchev–Trinajstić information content (AvgIpc) is 2.07. The molecule has 0 heterocycles. The summed E-state index contributed by atoms with van der Waals surface area (Å²) in [5.41, 5.74) is -0.663. The Kier molecular flexibility index (Phi) is 2.85. The number of phenols is 1. The molecule has 1 rings (SSSR count). The zero-order valence-corrected chi connectivity index (χ0v) is 6.78. The third kappa shape index (κ3) is 2.09. The van der Waals surface area contributed by atoms with Crippen LogP contribution in [0.15, 0.2) is 18.2 Å². The predicted octanol–water partition coefficient (Wildman–Crippen LogP) is 2.39. The van der Waals surface area contributed by atoms with E-state index in [4.69, 9.17) is 10.2 Å². The molecule has 0 saturated heterocycles. The van der Waals surface area contributed by atoms with Gasteiger partial charge in [0.25, 0.3) is 6.43 Å². The van der Waals surface area contributed by atoms with Gasteiger partial charge in [-0.1, -0.05) is 6.07 Å². The minimum atomic E-state index is -2.88. The highest BCUT2D eigenvalue weighted by Crippen LogP contribution is 2.35. The van der Waals surface area contributed by atoms with Crippen molar-refractivity contribution < 1.29 is 28.5 Å². The van der Waals surface area contributed by atoms with Crippen LogP contribution >= 0.6 is 0 Å². The summed E-state index contributed by atoms with van der Waals surface area (Å²) in [6.45, 7) is 0. The molecule has 0 fully saturated rings. The summed E-state index contributed by atoms with van der Waals surface area (Å²) in [6, 6.07) is 3.23. The van der Waals surface area contributed by atoms with Crippen LogP contribution in [0.1, 0.15) is 12.0 Å². The van der Waals surface area contributed by atoms with Gasteiger partial charge in [-0.2, -0.15) is 0 Å². The van der Waals surface area contributed by atoms with Gasteiger partial charge in [-0.15, -0.1) is 0 Å². The normalized spacial score (nSPS) is 10.2. The van der Waals surface area contributed by atoms with Crippen molar-refractivity contribution >= 4 is 6.16 Å².